The lowest BCUT2D eigenvalue weighted by molar-refractivity contribution is 0.171. The first-order valence-corrected chi connectivity index (χ1v) is 6.73. The van der Waals surface area contributed by atoms with Crippen molar-refractivity contribution in [1.29, 1.82) is 0 Å². The highest BCUT2D eigenvalue weighted by atomic mass is 32.1. The molecule has 0 unspecified atom stereocenters. The molecule has 0 saturated carbocycles. The molecule has 0 radical (unpaired) electrons. The number of nitrogens with zero attached hydrogens (tertiary/aromatic N) is 1. The van der Waals surface area contributed by atoms with E-state index < -0.39 is 0 Å². The average molecular weight is 262 g/mol. The van der Waals surface area contributed by atoms with E-state index in [0.717, 1.165) is 29.3 Å². The molecule has 2 aromatic rings. The summed E-state index contributed by atoms with van der Waals surface area (Å²) in [4.78, 5) is 5.56. The van der Waals surface area contributed by atoms with Gasteiger partial charge in [-0.2, -0.15) is 0 Å². The average Bonchev–Trinajstić information content (AvgIpc) is 2.87. The molecule has 0 amide bonds. The molecule has 1 aromatic heterocycles. The Hall–Kier alpha value is -1.59. The van der Waals surface area contributed by atoms with Gasteiger partial charge in [-0.15, -0.1) is 11.3 Å². The molecule has 4 nitrogen and oxygen atoms in total. The van der Waals surface area contributed by atoms with E-state index in [9.17, 15) is 0 Å². The number of aromatic nitrogens is 1. The van der Waals surface area contributed by atoms with Crippen molar-refractivity contribution in [3.8, 4) is 21.9 Å². The molecular weight excluding hydrogens is 248 g/mol. The van der Waals surface area contributed by atoms with Gasteiger partial charge in [0.15, 0.2) is 11.5 Å². The first-order chi connectivity index (χ1) is 8.88. The largest absolute Gasteiger partial charge is 0.486 e. The third-order valence-electron chi connectivity index (χ3n) is 2.79. The smallest absolute Gasteiger partial charge is 0.162 e. The molecular formula is C13H14N2O2S. The summed E-state index contributed by atoms with van der Waals surface area (Å²) in [5.41, 5.74) is 4.07. The number of hydrogen-bond acceptors (Lipinski definition) is 5. The maximum atomic E-state index is 5.61. The zero-order valence-electron chi connectivity index (χ0n) is 10.1. The molecule has 0 bridgehead atoms. The third-order valence-corrected chi connectivity index (χ3v) is 3.71. The minimum absolute atomic E-state index is 0.614. The second kappa shape index (κ2) is 4.96. The molecule has 3 rings (SSSR count). The lowest BCUT2D eigenvalue weighted by atomic mass is 10.1. The number of benzene rings is 1. The standard InChI is InChI=1S/C13H14N2O2S/c1-14-7-10-13(18-8-15-10)9-2-3-11-12(6-9)17-5-4-16-11/h2-3,6,8,14H,4-5,7H2,1H3. The summed E-state index contributed by atoms with van der Waals surface area (Å²) in [6, 6.07) is 6.05. The Morgan fingerprint density at radius 2 is 2.11 bits per heavy atom. The zero-order chi connectivity index (χ0) is 12.4. The van der Waals surface area contributed by atoms with Gasteiger partial charge in [0.05, 0.1) is 16.1 Å². The summed E-state index contributed by atoms with van der Waals surface area (Å²) in [5.74, 6) is 1.65. The highest BCUT2D eigenvalue weighted by molar-refractivity contribution is 7.13. The van der Waals surface area contributed by atoms with Crippen LogP contribution in [0.3, 0.4) is 0 Å². The first kappa shape index (κ1) is 11.5. The molecule has 94 valence electrons. The summed E-state index contributed by atoms with van der Waals surface area (Å²) in [5, 5.41) is 3.13. The predicted molar refractivity (Wildman–Crippen MR) is 71.3 cm³/mol. The summed E-state index contributed by atoms with van der Waals surface area (Å²) in [7, 11) is 1.92. The highest BCUT2D eigenvalue weighted by Crippen LogP contribution is 2.36. The van der Waals surface area contributed by atoms with Gasteiger partial charge in [-0.3, -0.25) is 0 Å². The number of fused-ring (bicyclic) bond motifs is 1. The van der Waals surface area contributed by atoms with Crippen molar-refractivity contribution in [3.63, 3.8) is 0 Å². The molecule has 1 aromatic carbocycles. The van der Waals surface area contributed by atoms with E-state index in [1.165, 1.54) is 4.88 Å². The van der Waals surface area contributed by atoms with Gasteiger partial charge in [0.25, 0.3) is 0 Å². The highest BCUT2D eigenvalue weighted by Gasteiger charge is 2.14. The van der Waals surface area contributed by atoms with Crippen LogP contribution in [0.4, 0.5) is 0 Å². The van der Waals surface area contributed by atoms with Crippen LogP contribution in [0.1, 0.15) is 5.69 Å². The first-order valence-electron chi connectivity index (χ1n) is 5.85. The fourth-order valence-corrected chi connectivity index (χ4v) is 2.79. The minimum atomic E-state index is 0.614. The van der Waals surface area contributed by atoms with Crippen LogP contribution in [0.15, 0.2) is 23.7 Å². The van der Waals surface area contributed by atoms with E-state index in [0.29, 0.717) is 13.2 Å². The SMILES string of the molecule is CNCc1ncsc1-c1ccc2c(c1)OCCO2. The van der Waals surface area contributed by atoms with Crippen molar-refractivity contribution in [3.05, 3.63) is 29.4 Å². The molecule has 1 N–H and O–H groups in total. The van der Waals surface area contributed by atoms with Crippen LogP contribution < -0.4 is 14.8 Å². The number of thiazole rings is 1. The monoisotopic (exact) mass is 262 g/mol. The zero-order valence-corrected chi connectivity index (χ0v) is 10.9. The van der Waals surface area contributed by atoms with Crippen molar-refractivity contribution in [2.24, 2.45) is 0 Å². The maximum absolute atomic E-state index is 5.61. The minimum Gasteiger partial charge on any atom is -0.486 e. The fraction of sp³-hybridized carbons (Fsp3) is 0.308. The Kier molecular flexibility index (Phi) is 3.17. The van der Waals surface area contributed by atoms with Crippen molar-refractivity contribution in [2.45, 2.75) is 6.54 Å². The Morgan fingerprint density at radius 3 is 2.94 bits per heavy atom. The van der Waals surface area contributed by atoms with Crippen LogP contribution in [0.2, 0.25) is 0 Å². The van der Waals surface area contributed by atoms with Crippen LogP contribution in [-0.4, -0.2) is 25.2 Å². The van der Waals surface area contributed by atoms with Crippen LogP contribution in [-0.2, 0) is 6.54 Å². The Labute approximate surface area is 110 Å². The van der Waals surface area contributed by atoms with Gasteiger partial charge in [0.2, 0.25) is 0 Å². The Balaban J connectivity index is 1.98. The second-order valence-electron chi connectivity index (χ2n) is 4.02. The van der Waals surface area contributed by atoms with Crippen molar-refractivity contribution in [1.82, 2.24) is 10.3 Å². The van der Waals surface area contributed by atoms with Gasteiger partial charge in [0, 0.05) is 6.54 Å². The number of ether oxygens (including phenoxy) is 2. The lowest BCUT2D eigenvalue weighted by Crippen LogP contribution is -2.15. The van der Waals surface area contributed by atoms with Gasteiger partial charge in [0.1, 0.15) is 13.2 Å². The quantitative estimate of drug-likeness (QED) is 0.921. The maximum Gasteiger partial charge on any atom is 0.162 e. The van der Waals surface area contributed by atoms with Crippen molar-refractivity contribution in [2.75, 3.05) is 20.3 Å². The second-order valence-corrected chi connectivity index (χ2v) is 4.87. The molecule has 1 aliphatic rings. The normalized spacial score (nSPS) is 13.6. The van der Waals surface area contributed by atoms with Crippen molar-refractivity contribution >= 4 is 11.3 Å². The molecule has 0 fully saturated rings. The Bertz CT molecular complexity index is 554. The molecule has 2 heterocycles. The topological polar surface area (TPSA) is 43.4 Å². The Morgan fingerprint density at radius 1 is 1.28 bits per heavy atom. The predicted octanol–water partition coefficient (Wildman–Crippen LogP) is 2.30. The van der Waals surface area contributed by atoms with Crippen LogP contribution in [0, 0.1) is 0 Å². The molecule has 0 spiro atoms. The molecule has 0 aliphatic carbocycles. The van der Waals surface area contributed by atoms with E-state index in [-0.39, 0.29) is 0 Å². The summed E-state index contributed by atoms with van der Waals surface area (Å²) in [6.45, 7) is 2.01. The molecule has 18 heavy (non-hydrogen) atoms. The van der Waals surface area contributed by atoms with Gasteiger partial charge >= 0.3 is 0 Å². The molecule has 0 atom stereocenters. The van der Waals surface area contributed by atoms with Gasteiger partial charge in [-0.05, 0) is 30.8 Å². The lowest BCUT2D eigenvalue weighted by Gasteiger charge is -2.18. The van der Waals surface area contributed by atoms with E-state index in [4.69, 9.17) is 9.47 Å². The molecule has 5 heteroatoms. The van der Waals surface area contributed by atoms with Gasteiger partial charge in [-0.1, -0.05) is 0 Å². The number of hydrogen-bond donors (Lipinski definition) is 1. The molecule has 1 aliphatic heterocycles. The summed E-state index contributed by atoms with van der Waals surface area (Å²) in [6.07, 6.45) is 0. The van der Waals surface area contributed by atoms with Crippen LogP contribution in [0.25, 0.3) is 10.4 Å². The fourth-order valence-electron chi connectivity index (χ4n) is 1.98. The van der Waals surface area contributed by atoms with Crippen molar-refractivity contribution < 1.29 is 9.47 Å². The van der Waals surface area contributed by atoms with E-state index in [1.54, 1.807) is 11.3 Å². The van der Waals surface area contributed by atoms with Gasteiger partial charge in [-0.25, -0.2) is 4.98 Å². The molecule has 0 saturated heterocycles. The van der Waals surface area contributed by atoms with Crippen LogP contribution in [0.5, 0.6) is 11.5 Å². The van der Waals surface area contributed by atoms with Gasteiger partial charge < -0.3 is 14.8 Å². The van der Waals surface area contributed by atoms with E-state index in [1.807, 2.05) is 24.7 Å². The van der Waals surface area contributed by atoms with Crippen LogP contribution >= 0.6 is 11.3 Å². The summed E-state index contributed by atoms with van der Waals surface area (Å²) >= 11 is 1.65. The summed E-state index contributed by atoms with van der Waals surface area (Å²) < 4.78 is 11.1. The number of nitrogens with one attached hydrogen (secondary N) is 1. The van der Waals surface area contributed by atoms with E-state index >= 15 is 0 Å². The van der Waals surface area contributed by atoms with E-state index in [2.05, 4.69) is 16.4 Å². The third kappa shape index (κ3) is 2.07. The number of rotatable bonds is 3.